The second-order valence-corrected chi connectivity index (χ2v) is 4.09. The van der Waals surface area contributed by atoms with Crippen molar-refractivity contribution < 1.29 is 10.0 Å². The van der Waals surface area contributed by atoms with Crippen molar-refractivity contribution in [2.45, 2.75) is 13.0 Å². The van der Waals surface area contributed by atoms with Crippen molar-refractivity contribution >= 4 is 23.3 Å². The van der Waals surface area contributed by atoms with Crippen molar-refractivity contribution in [2.75, 3.05) is 6.54 Å². The first-order valence-electron chi connectivity index (χ1n) is 5.30. The van der Waals surface area contributed by atoms with Gasteiger partial charge in [0, 0.05) is 30.1 Å². The van der Waals surface area contributed by atoms with Gasteiger partial charge >= 0.3 is 0 Å². The number of hydrogen-bond donors (Lipinski definition) is 4. The second kappa shape index (κ2) is 6.83. The lowest BCUT2D eigenvalue weighted by Gasteiger charge is -2.07. The molecule has 0 aliphatic carbocycles. The third kappa shape index (κ3) is 4.23. The van der Waals surface area contributed by atoms with E-state index in [9.17, 15) is 4.79 Å². The van der Waals surface area contributed by atoms with Crippen LogP contribution in [0.1, 0.15) is 17.5 Å². The van der Waals surface area contributed by atoms with Gasteiger partial charge in [-0.05, 0) is 11.6 Å². The van der Waals surface area contributed by atoms with Crippen LogP contribution in [0, 0.1) is 0 Å². The van der Waals surface area contributed by atoms with E-state index in [0.717, 1.165) is 5.56 Å². The van der Waals surface area contributed by atoms with Crippen LogP contribution in [0.3, 0.4) is 0 Å². The molecule has 0 radical (unpaired) electrons. The first-order chi connectivity index (χ1) is 8.54. The molecule has 0 aromatic heterocycles. The Hall–Kier alpha value is -1.79. The van der Waals surface area contributed by atoms with Gasteiger partial charge in [0.15, 0.2) is 5.84 Å². The van der Waals surface area contributed by atoms with E-state index in [4.69, 9.17) is 28.3 Å². The molecule has 0 bridgehead atoms. The van der Waals surface area contributed by atoms with Gasteiger partial charge in [-0.3, -0.25) is 4.79 Å². The minimum atomic E-state index is -0.351. The minimum Gasteiger partial charge on any atom is -0.409 e. The molecule has 0 spiro atoms. The number of rotatable bonds is 6. The molecule has 0 heterocycles. The smallest absolute Gasteiger partial charge is 0.218 e. The average Bonchev–Trinajstić information content (AvgIpc) is 2.34. The Bertz CT molecular complexity index is 462. The summed E-state index contributed by atoms with van der Waals surface area (Å²) in [6, 6.07) is 5.08. The third-order valence-corrected chi connectivity index (χ3v) is 2.67. The Morgan fingerprint density at radius 2 is 2.17 bits per heavy atom. The van der Waals surface area contributed by atoms with Crippen LogP contribution in [0.15, 0.2) is 23.4 Å². The highest BCUT2D eigenvalue weighted by molar-refractivity contribution is 6.31. The summed E-state index contributed by atoms with van der Waals surface area (Å²) < 4.78 is 0. The Labute approximate surface area is 110 Å². The van der Waals surface area contributed by atoms with Crippen molar-refractivity contribution in [2.24, 2.45) is 16.6 Å². The highest BCUT2D eigenvalue weighted by Gasteiger charge is 2.05. The number of nitrogens with zero attached hydrogens (tertiary/aromatic N) is 1. The lowest BCUT2D eigenvalue weighted by atomic mass is 10.1. The summed E-state index contributed by atoms with van der Waals surface area (Å²) in [6.07, 6.45) is 0.278. The highest BCUT2D eigenvalue weighted by atomic mass is 35.5. The molecule has 6 nitrogen and oxygen atoms in total. The van der Waals surface area contributed by atoms with Crippen LogP contribution in [0.25, 0.3) is 0 Å². The maximum atomic E-state index is 10.5. The van der Waals surface area contributed by atoms with Crippen molar-refractivity contribution in [3.8, 4) is 0 Å². The van der Waals surface area contributed by atoms with Gasteiger partial charge in [-0.1, -0.05) is 28.9 Å². The fraction of sp³-hybridized carbons (Fsp3) is 0.273. The van der Waals surface area contributed by atoms with E-state index < -0.39 is 0 Å². The Kier molecular flexibility index (Phi) is 5.41. The number of hydrogen-bond acceptors (Lipinski definition) is 4. The van der Waals surface area contributed by atoms with Crippen LogP contribution in [0.5, 0.6) is 0 Å². The van der Waals surface area contributed by atoms with E-state index in [1.807, 2.05) is 0 Å². The molecular formula is C11H15ClN4O2. The maximum Gasteiger partial charge on any atom is 0.218 e. The van der Waals surface area contributed by atoms with Crippen molar-refractivity contribution in [1.82, 2.24) is 5.32 Å². The van der Waals surface area contributed by atoms with Crippen LogP contribution in [-0.4, -0.2) is 23.5 Å². The number of carbonyl (C=O) groups is 1. The fourth-order valence-corrected chi connectivity index (χ4v) is 1.59. The zero-order chi connectivity index (χ0) is 13.5. The SMILES string of the molecule is NC(=O)CCNCc1ccc(/C(N)=N/O)cc1Cl. The normalized spacial score (nSPS) is 11.5. The zero-order valence-corrected chi connectivity index (χ0v) is 10.4. The van der Waals surface area contributed by atoms with E-state index in [2.05, 4.69) is 10.5 Å². The molecular weight excluding hydrogens is 256 g/mol. The summed E-state index contributed by atoms with van der Waals surface area (Å²) in [6.45, 7) is 1.01. The number of primary amides is 1. The van der Waals surface area contributed by atoms with Crippen molar-refractivity contribution in [3.63, 3.8) is 0 Å². The van der Waals surface area contributed by atoms with Crippen molar-refractivity contribution in [3.05, 3.63) is 34.3 Å². The number of carbonyl (C=O) groups excluding carboxylic acids is 1. The van der Waals surface area contributed by atoms with Crippen molar-refractivity contribution in [1.29, 1.82) is 0 Å². The van der Waals surface area contributed by atoms with Crippen LogP contribution in [-0.2, 0) is 11.3 Å². The lowest BCUT2D eigenvalue weighted by Crippen LogP contribution is -2.21. The minimum absolute atomic E-state index is 0.00476. The number of halogens is 1. The van der Waals surface area contributed by atoms with Gasteiger partial charge in [0.1, 0.15) is 0 Å². The molecule has 0 aliphatic heterocycles. The van der Waals surface area contributed by atoms with Gasteiger partial charge in [0.05, 0.1) is 0 Å². The molecule has 1 amide bonds. The molecule has 0 saturated carbocycles. The molecule has 0 fully saturated rings. The molecule has 98 valence electrons. The summed E-state index contributed by atoms with van der Waals surface area (Å²) in [5.41, 5.74) is 11.9. The Balaban J connectivity index is 2.60. The highest BCUT2D eigenvalue weighted by Crippen LogP contribution is 2.17. The quantitative estimate of drug-likeness (QED) is 0.197. The average molecular weight is 271 g/mol. The molecule has 1 rings (SSSR count). The fourth-order valence-electron chi connectivity index (χ4n) is 1.34. The van der Waals surface area contributed by atoms with Crippen LogP contribution >= 0.6 is 11.6 Å². The molecule has 0 aliphatic rings. The molecule has 18 heavy (non-hydrogen) atoms. The molecule has 7 heteroatoms. The predicted octanol–water partition coefficient (Wildman–Crippen LogP) is 0.400. The number of oxime groups is 1. The topological polar surface area (TPSA) is 114 Å². The first-order valence-corrected chi connectivity index (χ1v) is 5.67. The first kappa shape index (κ1) is 14.3. The number of amides is 1. The Morgan fingerprint density at radius 3 is 2.72 bits per heavy atom. The standard InChI is InChI=1S/C11H15ClN4O2/c12-9-5-7(11(14)16-18)1-2-8(9)6-15-4-3-10(13)17/h1-2,5,15,18H,3-4,6H2,(H2,13,17)(H2,14,16). The summed E-state index contributed by atoms with van der Waals surface area (Å²) in [4.78, 5) is 10.5. The number of nitrogens with one attached hydrogen (secondary N) is 1. The molecule has 1 aromatic carbocycles. The van der Waals surface area contributed by atoms with Gasteiger partial charge in [0.2, 0.25) is 5.91 Å². The molecule has 0 atom stereocenters. The second-order valence-electron chi connectivity index (χ2n) is 3.68. The van der Waals surface area contributed by atoms with Gasteiger partial charge < -0.3 is 22.0 Å². The summed E-state index contributed by atoms with van der Waals surface area (Å²) in [5.74, 6) is -0.346. The monoisotopic (exact) mass is 270 g/mol. The molecule has 0 saturated heterocycles. The number of nitrogens with two attached hydrogens (primary N) is 2. The predicted molar refractivity (Wildman–Crippen MR) is 69.5 cm³/mol. The summed E-state index contributed by atoms with van der Waals surface area (Å²) in [5, 5.41) is 15.0. The van der Waals surface area contributed by atoms with Gasteiger partial charge in [0.25, 0.3) is 0 Å². The van der Waals surface area contributed by atoms with Crippen LogP contribution in [0.2, 0.25) is 5.02 Å². The van der Waals surface area contributed by atoms with E-state index in [1.54, 1.807) is 18.2 Å². The zero-order valence-electron chi connectivity index (χ0n) is 9.69. The molecule has 0 unspecified atom stereocenters. The molecule has 6 N–H and O–H groups in total. The maximum absolute atomic E-state index is 10.5. The summed E-state index contributed by atoms with van der Waals surface area (Å²) in [7, 11) is 0. The molecule has 1 aromatic rings. The summed E-state index contributed by atoms with van der Waals surface area (Å²) >= 11 is 6.05. The van der Waals surface area contributed by atoms with Gasteiger partial charge in [-0.25, -0.2) is 0 Å². The largest absolute Gasteiger partial charge is 0.409 e. The van der Waals surface area contributed by atoms with E-state index in [-0.39, 0.29) is 18.2 Å². The van der Waals surface area contributed by atoms with Crippen LogP contribution < -0.4 is 16.8 Å². The van der Waals surface area contributed by atoms with E-state index >= 15 is 0 Å². The van der Waals surface area contributed by atoms with E-state index in [0.29, 0.717) is 23.7 Å². The number of benzene rings is 1. The number of amidine groups is 1. The van der Waals surface area contributed by atoms with E-state index in [1.165, 1.54) is 0 Å². The van der Waals surface area contributed by atoms with Crippen LogP contribution in [0.4, 0.5) is 0 Å². The van der Waals surface area contributed by atoms with Gasteiger partial charge in [-0.15, -0.1) is 0 Å². The third-order valence-electron chi connectivity index (χ3n) is 2.32. The lowest BCUT2D eigenvalue weighted by molar-refractivity contribution is -0.117. The van der Waals surface area contributed by atoms with Gasteiger partial charge in [-0.2, -0.15) is 0 Å². The Morgan fingerprint density at radius 1 is 1.44 bits per heavy atom.